The highest BCUT2D eigenvalue weighted by atomic mass is 16.6. The van der Waals surface area contributed by atoms with Crippen molar-refractivity contribution in [2.45, 2.75) is 13.0 Å². The van der Waals surface area contributed by atoms with Crippen LogP contribution in [0.2, 0.25) is 0 Å². The van der Waals surface area contributed by atoms with Gasteiger partial charge in [0.25, 0.3) is 0 Å². The van der Waals surface area contributed by atoms with E-state index in [2.05, 4.69) is 0 Å². The number of methoxy groups -OCH3 is 1. The standard InChI is InChI=1S/C12H16N2O3/c1-8-10(16-2)4-3-5-11(8)17-12(15)14-6-9(13)7-14/h3-5,9H,6-7,13H2,1-2H3. The number of benzene rings is 1. The molecule has 0 spiro atoms. The van der Waals surface area contributed by atoms with E-state index in [4.69, 9.17) is 15.2 Å². The number of nitrogens with two attached hydrogens (primary N) is 1. The highest BCUT2D eigenvalue weighted by Gasteiger charge is 2.29. The minimum Gasteiger partial charge on any atom is -0.496 e. The van der Waals surface area contributed by atoms with E-state index in [-0.39, 0.29) is 12.1 Å². The zero-order chi connectivity index (χ0) is 12.4. The number of carbonyl (C=O) groups excluding carboxylic acids is 1. The van der Waals surface area contributed by atoms with Gasteiger partial charge >= 0.3 is 6.09 Å². The first-order valence-electron chi connectivity index (χ1n) is 5.47. The summed E-state index contributed by atoms with van der Waals surface area (Å²) in [6.45, 7) is 2.97. The van der Waals surface area contributed by atoms with Gasteiger partial charge in [-0.25, -0.2) is 4.79 Å². The maximum Gasteiger partial charge on any atom is 0.415 e. The fourth-order valence-corrected chi connectivity index (χ4v) is 1.75. The maximum atomic E-state index is 11.7. The second-order valence-corrected chi connectivity index (χ2v) is 4.12. The van der Waals surface area contributed by atoms with Crippen LogP contribution in [0.3, 0.4) is 0 Å². The predicted octanol–water partition coefficient (Wildman–Crippen LogP) is 1.15. The molecule has 0 aromatic heterocycles. The molecule has 2 N–H and O–H groups in total. The van der Waals surface area contributed by atoms with E-state index in [0.717, 1.165) is 5.56 Å². The molecule has 5 heteroatoms. The molecular weight excluding hydrogens is 220 g/mol. The molecule has 1 aromatic rings. The predicted molar refractivity (Wildman–Crippen MR) is 63.3 cm³/mol. The summed E-state index contributed by atoms with van der Waals surface area (Å²) in [5, 5.41) is 0. The highest BCUT2D eigenvalue weighted by molar-refractivity contribution is 5.72. The molecule has 1 saturated heterocycles. The molecule has 0 saturated carbocycles. The zero-order valence-corrected chi connectivity index (χ0v) is 9.97. The second kappa shape index (κ2) is 4.63. The summed E-state index contributed by atoms with van der Waals surface area (Å²) in [6, 6.07) is 5.44. The van der Waals surface area contributed by atoms with Gasteiger partial charge in [-0.05, 0) is 19.1 Å². The third-order valence-electron chi connectivity index (χ3n) is 2.82. The van der Waals surface area contributed by atoms with Gasteiger partial charge in [-0.15, -0.1) is 0 Å². The fourth-order valence-electron chi connectivity index (χ4n) is 1.75. The van der Waals surface area contributed by atoms with E-state index in [1.54, 1.807) is 24.1 Å². The van der Waals surface area contributed by atoms with Gasteiger partial charge in [0, 0.05) is 24.7 Å². The van der Waals surface area contributed by atoms with E-state index < -0.39 is 0 Å². The van der Waals surface area contributed by atoms with Crippen LogP contribution in [-0.2, 0) is 0 Å². The number of hydrogen-bond acceptors (Lipinski definition) is 4. The van der Waals surface area contributed by atoms with Gasteiger partial charge < -0.3 is 20.1 Å². The first kappa shape index (κ1) is 11.7. The van der Waals surface area contributed by atoms with Crippen LogP contribution in [0.5, 0.6) is 11.5 Å². The van der Waals surface area contributed by atoms with Crippen LogP contribution in [0.1, 0.15) is 5.56 Å². The monoisotopic (exact) mass is 236 g/mol. The van der Waals surface area contributed by atoms with Crippen LogP contribution in [0.4, 0.5) is 4.79 Å². The van der Waals surface area contributed by atoms with Crippen molar-refractivity contribution in [3.05, 3.63) is 23.8 Å². The minimum atomic E-state index is -0.358. The first-order chi connectivity index (χ1) is 8.11. The molecule has 1 aromatic carbocycles. The molecule has 1 aliphatic heterocycles. The van der Waals surface area contributed by atoms with E-state index in [0.29, 0.717) is 24.6 Å². The molecule has 0 radical (unpaired) electrons. The average Bonchev–Trinajstić information content (AvgIpc) is 2.27. The number of ether oxygens (including phenoxy) is 2. The topological polar surface area (TPSA) is 64.8 Å². The van der Waals surface area contributed by atoms with Crippen molar-refractivity contribution in [2.75, 3.05) is 20.2 Å². The van der Waals surface area contributed by atoms with E-state index in [1.165, 1.54) is 0 Å². The smallest absolute Gasteiger partial charge is 0.415 e. The van der Waals surface area contributed by atoms with Gasteiger partial charge in [0.15, 0.2) is 0 Å². The molecule has 2 rings (SSSR count). The zero-order valence-electron chi connectivity index (χ0n) is 9.97. The molecule has 0 atom stereocenters. The highest BCUT2D eigenvalue weighted by Crippen LogP contribution is 2.27. The molecule has 0 unspecified atom stereocenters. The molecule has 92 valence electrons. The van der Waals surface area contributed by atoms with Crippen molar-refractivity contribution in [2.24, 2.45) is 5.73 Å². The summed E-state index contributed by atoms with van der Waals surface area (Å²) < 4.78 is 10.5. The van der Waals surface area contributed by atoms with Gasteiger partial charge in [-0.2, -0.15) is 0 Å². The maximum absolute atomic E-state index is 11.7. The van der Waals surface area contributed by atoms with Crippen molar-refractivity contribution in [3.63, 3.8) is 0 Å². The SMILES string of the molecule is COc1cccc(OC(=O)N2CC(N)C2)c1C. The number of rotatable bonds is 2. The molecule has 1 aliphatic rings. The van der Waals surface area contributed by atoms with Gasteiger partial charge in [0.1, 0.15) is 11.5 Å². The van der Waals surface area contributed by atoms with Crippen LogP contribution in [0, 0.1) is 6.92 Å². The minimum absolute atomic E-state index is 0.0777. The Kier molecular flexibility index (Phi) is 3.19. The Balaban J connectivity index is 2.06. The van der Waals surface area contributed by atoms with Gasteiger partial charge in [0.2, 0.25) is 0 Å². The third kappa shape index (κ3) is 2.34. The summed E-state index contributed by atoms with van der Waals surface area (Å²) >= 11 is 0. The van der Waals surface area contributed by atoms with Crippen LogP contribution < -0.4 is 15.2 Å². The fraction of sp³-hybridized carbons (Fsp3) is 0.417. The number of likely N-dealkylation sites (tertiary alicyclic amines) is 1. The van der Waals surface area contributed by atoms with Crippen molar-refractivity contribution < 1.29 is 14.3 Å². The lowest BCUT2D eigenvalue weighted by Crippen LogP contribution is -2.58. The quantitative estimate of drug-likeness (QED) is 0.836. The van der Waals surface area contributed by atoms with Crippen molar-refractivity contribution in [1.82, 2.24) is 4.90 Å². The van der Waals surface area contributed by atoms with Gasteiger partial charge in [-0.3, -0.25) is 0 Å². The molecule has 0 aliphatic carbocycles. The summed E-state index contributed by atoms with van der Waals surface area (Å²) in [5.74, 6) is 1.23. The summed E-state index contributed by atoms with van der Waals surface area (Å²) in [4.78, 5) is 13.3. The van der Waals surface area contributed by atoms with E-state index >= 15 is 0 Å². The lowest BCUT2D eigenvalue weighted by Gasteiger charge is -2.35. The summed E-state index contributed by atoms with van der Waals surface area (Å²) in [6.07, 6.45) is -0.358. The second-order valence-electron chi connectivity index (χ2n) is 4.12. The van der Waals surface area contributed by atoms with E-state index in [9.17, 15) is 4.79 Å². The van der Waals surface area contributed by atoms with Crippen LogP contribution in [-0.4, -0.2) is 37.2 Å². The molecule has 5 nitrogen and oxygen atoms in total. The Hall–Kier alpha value is -1.75. The van der Waals surface area contributed by atoms with Gasteiger partial charge in [0.05, 0.1) is 7.11 Å². The van der Waals surface area contributed by atoms with E-state index in [1.807, 2.05) is 13.0 Å². The first-order valence-corrected chi connectivity index (χ1v) is 5.47. The summed E-state index contributed by atoms with van der Waals surface area (Å²) in [7, 11) is 1.59. The Morgan fingerprint density at radius 2 is 2.06 bits per heavy atom. The largest absolute Gasteiger partial charge is 0.496 e. The average molecular weight is 236 g/mol. The number of nitrogens with zero attached hydrogens (tertiary/aromatic N) is 1. The Bertz CT molecular complexity index is 428. The molecule has 1 heterocycles. The molecule has 0 bridgehead atoms. The molecule has 1 amide bonds. The van der Waals surface area contributed by atoms with Crippen LogP contribution in [0.25, 0.3) is 0 Å². The van der Waals surface area contributed by atoms with Crippen LogP contribution in [0.15, 0.2) is 18.2 Å². The van der Waals surface area contributed by atoms with Crippen molar-refractivity contribution in [3.8, 4) is 11.5 Å². The van der Waals surface area contributed by atoms with Crippen molar-refractivity contribution >= 4 is 6.09 Å². The number of hydrogen-bond donors (Lipinski definition) is 1. The number of amides is 1. The molecule has 17 heavy (non-hydrogen) atoms. The summed E-state index contributed by atoms with van der Waals surface area (Å²) in [5.41, 5.74) is 6.42. The Labute approximate surface area is 100 Å². The Morgan fingerprint density at radius 3 is 2.65 bits per heavy atom. The number of carbonyl (C=O) groups is 1. The molecule has 1 fully saturated rings. The lowest BCUT2D eigenvalue weighted by molar-refractivity contribution is 0.113. The third-order valence-corrected chi connectivity index (χ3v) is 2.82. The van der Waals surface area contributed by atoms with Crippen LogP contribution >= 0.6 is 0 Å². The lowest BCUT2D eigenvalue weighted by atomic mass is 10.1. The normalized spacial score (nSPS) is 15.4. The van der Waals surface area contributed by atoms with Gasteiger partial charge in [-0.1, -0.05) is 6.07 Å². The molecular formula is C12H16N2O3. The Morgan fingerprint density at radius 1 is 1.41 bits per heavy atom. The van der Waals surface area contributed by atoms with Crippen molar-refractivity contribution in [1.29, 1.82) is 0 Å².